The number of rotatable bonds is 5. The predicted molar refractivity (Wildman–Crippen MR) is 155 cm³/mol. The average Bonchev–Trinajstić information content (AvgIpc) is 3.23. The van der Waals surface area contributed by atoms with E-state index < -0.39 is 0 Å². The number of nitrogens with zero attached hydrogens (tertiary/aromatic N) is 2. The summed E-state index contributed by atoms with van der Waals surface area (Å²) < 4.78 is 17.0. The fourth-order valence-corrected chi connectivity index (χ4v) is 6.83. The summed E-state index contributed by atoms with van der Waals surface area (Å²) in [5, 5.41) is 0. The third kappa shape index (κ3) is 10.5. The van der Waals surface area contributed by atoms with Gasteiger partial charge in [0.05, 0.1) is 24.4 Å². The van der Waals surface area contributed by atoms with Gasteiger partial charge in [0, 0.05) is 35.4 Å². The van der Waals surface area contributed by atoms with Crippen LogP contribution in [0.1, 0.15) is 129 Å². The maximum atomic E-state index is 6.03. The lowest BCUT2D eigenvalue weighted by atomic mass is 9.78. The molecule has 216 valence electrons. The van der Waals surface area contributed by atoms with Gasteiger partial charge in [-0.1, -0.05) is 6.92 Å². The van der Waals surface area contributed by atoms with Crippen LogP contribution in [0.4, 0.5) is 0 Å². The molecule has 0 amide bonds. The van der Waals surface area contributed by atoms with Crippen LogP contribution in [0.3, 0.4) is 0 Å². The van der Waals surface area contributed by atoms with E-state index in [9.17, 15) is 0 Å². The Balaban J connectivity index is 0.000000302. The van der Waals surface area contributed by atoms with Crippen LogP contribution in [0.25, 0.3) is 0 Å². The minimum atomic E-state index is 0.237. The third-order valence-electron chi connectivity index (χ3n) is 8.26. The van der Waals surface area contributed by atoms with Gasteiger partial charge in [0.25, 0.3) is 0 Å². The number of likely N-dealkylation sites (tertiary alicyclic amines) is 2. The first-order valence-corrected chi connectivity index (χ1v) is 14.7. The Morgan fingerprint density at radius 2 is 1.00 bits per heavy atom. The molecule has 3 aliphatic heterocycles. The summed E-state index contributed by atoms with van der Waals surface area (Å²) in [6.45, 7) is 32.5. The van der Waals surface area contributed by atoms with Crippen LogP contribution in [0.5, 0.6) is 0 Å². The van der Waals surface area contributed by atoms with Crippen LogP contribution in [-0.2, 0) is 14.2 Å². The van der Waals surface area contributed by atoms with Crippen molar-refractivity contribution in [1.82, 2.24) is 9.80 Å². The Morgan fingerprint density at radius 3 is 1.25 bits per heavy atom. The molecule has 0 spiro atoms. The van der Waals surface area contributed by atoms with Gasteiger partial charge in [-0.25, -0.2) is 0 Å². The van der Waals surface area contributed by atoms with Gasteiger partial charge < -0.3 is 14.2 Å². The quantitative estimate of drug-likeness (QED) is 0.386. The molecule has 0 saturated carbocycles. The Labute approximate surface area is 226 Å². The lowest BCUT2D eigenvalue weighted by Crippen LogP contribution is -2.62. The third-order valence-corrected chi connectivity index (χ3v) is 8.26. The molecule has 0 bridgehead atoms. The second-order valence-corrected chi connectivity index (χ2v) is 14.3. The predicted octanol–water partition coefficient (Wildman–Crippen LogP) is 7.31. The average molecular weight is 513 g/mol. The van der Waals surface area contributed by atoms with Crippen molar-refractivity contribution >= 4 is 0 Å². The second kappa shape index (κ2) is 13.7. The molecule has 0 radical (unpaired) electrons. The molecular weight excluding hydrogens is 448 g/mol. The Kier molecular flexibility index (Phi) is 12.9. The van der Waals surface area contributed by atoms with Crippen LogP contribution in [-0.4, -0.2) is 83.2 Å². The van der Waals surface area contributed by atoms with Gasteiger partial charge in [0.1, 0.15) is 0 Å². The number of hydrogen-bond donors (Lipinski definition) is 0. The van der Waals surface area contributed by atoms with E-state index in [4.69, 9.17) is 14.2 Å². The normalized spacial score (nSPS) is 26.3. The van der Waals surface area contributed by atoms with Gasteiger partial charge in [-0.05, 0) is 135 Å². The van der Waals surface area contributed by atoms with Crippen LogP contribution in [0.2, 0.25) is 0 Å². The number of ether oxygens (including phenoxy) is 3. The first kappa shape index (κ1) is 33.8. The van der Waals surface area contributed by atoms with E-state index in [0.29, 0.717) is 24.4 Å². The molecule has 3 heterocycles. The minimum Gasteiger partial charge on any atom is -0.381 e. The SMILES string of the molecule is C1CCOC1.CC(C)OC1CC(C)(C)N(C)C(C)(C)C1.CCN1C(C)(C)CC(OC(C)C)CC1(C)C. The summed E-state index contributed by atoms with van der Waals surface area (Å²) in [6.07, 6.45) is 8.59. The summed E-state index contributed by atoms with van der Waals surface area (Å²) in [4.78, 5) is 5.10. The molecule has 36 heavy (non-hydrogen) atoms. The summed E-state index contributed by atoms with van der Waals surface area (Å²) in [5.74, 6) is 0. The van der Waals surface area contributed by atoms with Crippen molar-refractivity contribution in [3.05, 3.63) is 0 Å². The maximum absolute atomic E-state index is 6.03. The fourth-order valence-electron chi connectivity index (χ4n) is 6.83. The van der Waals surface area contributed by atoms with Gasteiger partial charge in [-0.15, -0.1) is 0 Å². The standard InChI is InChI=1S/C14H29NO.C13H27NO.C4H8O/c1-8-15-13(4,5)9-12(16-11(2)3)10-14(15,6)7;1-10(2)15-11-8-12(3,4)14(7)13(5,6)9-11;1-2-4-5-3-1/h11-12H,8-10H2,1-7H3;10-11H,8-9H2,1-7H3;1-4H2. The van der Waals surface area contributed by atoms with Crippen LogP contribution in [0.15, 0.2) is 0 Å². The molecular formula is C31H64N2O3. The Morgan fingerprint density at radius 1 is 0.667 bits per heavy atom. The highest BCUT2D eigenvalue weighted by Crippen LogP contribution is 2.40. The van der Waals surface area contributed by atoms with Gasteiger partial charge in [-0.2, -0.15) is 0 Å². The minimum absolute atomic E-state index is 0.237. The summed E-state index contributed by atoms with van der Waals surface area (Å²) in [5.41, 5.74) is 0.967. The zero-order valence-corrected chi connectivity index (χ0v) is 26.8. The number of hydrogen-bond acceptors (Lipinski definition) is 5. The van der Waals surface area contributed by atoms with Gasteiger partial charge >= 0.3 is 0 Å². The first-order valence-electron chi connectivity index (χ1n) is 14.7. The zero-order chi connectivity index (χ0) is 27.9. The van der Waals surface area contributed by atoms with E-state index in [0.717, 1.165) is 45.4 Å². The summed E-state index contributed by atoms with van der Waals surface area (Å²) >= 11 is 0. The fraction of sp³-hybridized carbons (Fsp3) is 1.00. The van der Waals surface area contributed by atoms with E-state index in [2.05, 4.69) is 107 Å². The highest BCUT2D eigenvalue weighted by molar-refractivity contribution is 5.00. The lowest BCUT2D eigenvalue weighted by Gasteiger charge is -2.55. The van der Waals surface area contributed by atoms with E-state index in [1.807, 2.05) is 0 Å². The van der Waals surface area contributed by atoms with E-state index >= 15 is 0 Å². The molecule has 0 aromatic rings. The molecule has 0 aromatic carbocycles. The molecule has 3 aliphatic rings. The zero-order valence-electron chi connectivity index (χ0n) is 26.8. The van der Waals surface area contributed by atoms with Crippen LogP contribution < -0.4 is 0 Å². The van der Waals surface area contributed by atoms with Gasteiger partial charge in [0.15, 0.2) is 0 Å². The van der Waals surface area contributed by atoms with E-state index in [-0.39, 0.29) is 22.2 Å². The molecule has 3 rings (SSSR count). The Hall–Kier alpha value is -0.200. The second-order valence-electron chi connectivity index (χ2n) is 14.3. The van der Waals surface area contributed by atoms with Gasteiger partial charge in [0.2, 0.25) is 0 Å². The monoisotopic (exact) mass is 512 g/mol. The first-order chi connectivity index (χ1) is 16.3. The largest absolute Gasteiger partial charge is 0.381 e. The van der Waals surface area contributed by atoms with E-state index in [1.165, 1.54) is 12.8 Å². The molecule has 0 aliphatic carbocycles. The van der Waals surface area contributed by atoms with Crippen molar-refractivity contribution in [2.45, 2.75) is 175 Å². The highest BCUT2D eigenvalue weighted by Gasteiger charge is 2.45. The molecule has 5 heteroatoms. The van der Waals surface area contributed by atoms with Crippen molar-refractivity contribution in [1.29, 1.82) is 0 Å². The number of piperidine rings is 2. The molecule has 0 N–H and O–H groups in total. The molecule has 5 nitrogen and oxygen atoms in total. The molecule has 3 saturated heterocycles. The molecule has 3 fully saturated rings. The lowest BCUT2D eigenvalue weighted by molar-refractivity contribution is -0.115. The summed E-state index contributed by atoms with van der Waals surface area (Å²) in [6, 6.07) is 0. The smallest absolute Gasteiger partial charge is 0.0613 e. The highest BCUT2D eigenvalue weighted by atomic mass is 16.5. The molecule has 0 unspecified atom stereocenters. The van der Waals surface area contributed by atoms with E-state index in [1.54, 1.807) is 0 Å². The maximum Gasteiger partial charge on any atom is 0.0613 e. The van der Waals surface area contributed by atoms with Crippen molar-refractivity contribution in [2.24, 2.45) is 0 Å². The van der Waals surface area contributed by atoms with Crippen molar-refractivity contribution in [3.8, 4) is 0 Å². The molecule has 0 aromatic heterocycles. The van der Waals surface area contributed by atoms with Crippen LogP contribution >= 0.6 is 0 Å². The topological polar surface area (TPSA) is 34.2 Å². The van der Waals surface area contributed by atoms with Crippen molar-refractivity contribution < 1.29 is 14.2 Å². The Bertz CT molecular complexity index is 580. The van der Waals surface area contributed by atoms with Crippen molar-refractivity contribution in [3.63, 3.8) is 0 Å². The van der Waals surface area contributed by atoms with Crippen LogP contribution in [0, 0.1) is 0 Å². The van der Waals surface area contributed by atoms with Crippen molar-refractivity contribution in [2.75, 3.05) is 26.8 Å². The van der Waals surface area contributed by atoms with Gasteiger partial charge in [-0.3, -0.25) is 9.80 Å². The summed E-state index contributed by atoms with van der Waals surface area (Å²) in [7, 11) is 2.23. The molecule has 0 atom stereocenters.